The zero-order valence-electron chi connectivity index (χ0n) is 17.5. The van der Waals surface area contributed by atoms with Crippen molar-refractivity contribution < 1.29 is 22.7 Å². The second-order valence-electron chi connectivity index (χ2n) is 7.43. The number of likely N-dealkylation sites (tertiary alicyclic amines) is 1. The fraction of sp³-hybridized carbons (Fsp3) is 0.650. The number of hydrogen-bond donors (Lipinski definition) is 0. The van der Waals surface area contributed by atoms with Crippen molar-refractivity contribution >= 4 is 15.9 Å². The molecular formula is C20H31N3O5S. The average Bonchev–Trinajstić information content (AvgIpc) is 3.23. The number of hydrogen-bond acceptors (Lipinski definition) is 6. The second kappa shape index (κ2) is 9.32. The van der Waals surface area contributed by atoms with Crippen LogP contribution in [0.4, 0.5) is 0 Å². The Kier molecular flexibility index (Phi) is 7.02. The largest absolute Gasteiger partial charge is 0.497 e. The number of rotatable bonds is 7. The standard InChI is InChI=1S/C20H31N3O5S/c1-4-29(25,26)22-12-10-21(11-13-22)15-20(24)23-9-5-6-18(23)17-8-7-16(27-2)14-19(17)28-3/h7-8,14,18H,4-6,9-13,15H2,1-3H3. The highest BCUT2D eigenvalue weighted by molar-refractivity contribution is 7.89. The number of amides is 1. The van der Waals surface area contributed by atoms with Gasteiger partial charge in [0.25, 0.3) is 0 Å². The van der Waals surface area contributed by atoms with E-state index in [1.807, 2.05) is 28.0 Å². The van der Waals surface area contributed by atoms with Gasteiger partial charge in [0.15, 0.2) is 0 Å². The summed E-state index contributed by atoms with van der Waals surface area (Å²) in [7, 11) is 0.0847. The van der Waals surface area contributed by atoms with E-state index in [0.29, 0.717) is 32.7 Å². The Morgan fingerprint density at radius 3 is 2.45 bits per heavy atom. The van der Waals surface area contributed by atoms with Gasteiger partial charge in [0.05, 0.1) is 32.6 Å². The van der Waals surface area contributed by atoms with Gasteiger partial charge in [-0.3, -0.25) is 9.69 Å². The highest BCUT2D eigenvalue weighted by Crippen LogP contribution is 2.38. The highest BCUT2D eigenvalue weighted by atomic mass is 32.2. The lowest BCUT2D eigenvalue weighted by molar-refractivity contribution is -0.133. The first-order valence-electron chi connectivity index (χ1n) is 10.1. The molecular weight excluding hydrogens is 394 g/mol. The zero-order chi connectivity index (χ0) is 21.0. The van der Waals surface area contributed by atoms with Crippen LogP contribution < -0.4 is 9.47 Å². The van der Waals surface area contributed by atoms with E-state index in [-0.39, 0.29) is 17.7 Å². The summed E-state index contributed by atoms with van der Waals surface area (Å²) in [5, 5.41) is 0. The molecule has 2 saturated heterocycles. The summed E-state index contributed by atoms with van der Waals surface area (Å²) < 4.78 is 36.4. The van der Waals surface area contributed by atoms with Crippen LogP contribution in [-0.4, -0.2) is 87.7 Å². The van der Waals surface area contributed by atoms with Crippen molar-refractivity contribution in [2.45, 2.75) is 25.8 Å². The van der Waals surface area contributed by atoms with Crippen molar-refractivity contribution in [2.75, 3.05) is 59.2 Å². The molecule has 0 bridgehead atoms. The number of carbonyl (C=O) groups is 1. The molecule has 0 saturated carbocycles. The van der Waals surface area contributed by atoms with Gasteiger partial charge in [-0.05, 0) is 31.9 Å². The fourth-order valence-electron chi connectivity index (χ4n) is 4.11. The molecule has 1 aromatic rings. The molecule has 2 aliphatic heterocycles. The molecule has 0 aliphatic carbocycles. The van der Waals surface area contributed by atoms with Crippen LogP contribution >= 0.6 is 0 Å². The SMILES string of the molecule is CCS(=O)(=O)N1CCN(CC(=O)N2CCCC2c2ccc(OC)cc2OC)CC1. The molecule has 9 heteroatoms. The molecule has 3 rings (SSSR count). The van der Waals surface area contributed by atoms with E-state index in [2.05, 4.69) is 0 Å². The fourth-order valence-corrected chi connectivity index (χ4v) is 5.20. The van der Waals surface area contributed by atoms with E-state index in [0.717, 1.165) is 36.4 Å². The molecule has 1 amide bonds. The van der Waals surface area contributed by atoms with Crippen molar-refractivity contribution in [3.05, 3.63) is 23.8 Å². The summed E-state index contributed by atoms with van der Waals surface area (Å²) in [6.07, 6.45) is 1.85. The monoisotopic (exact) mass is 425 g/mol. The number of nitrogens with zero attached hydrogens (tertiary/aromatic N) is 3. The Hall–Kier alpha value is -1.84. The van der Waals surface area contributed by atoms with Crippen LogP contribution in [-0.2, 0) is 14.8 Å². The third-order valence-corrected chi connectivity index (χ3v) is 7.70. The Morgan fingerprint density at radius 2 is 1.83 bits per heavy atom. The molecule has 0 spiro atoms. The van der Waals surface area contributed by atoms with Gasteiger partial charge in [0.1, 0.15) is 11.5 Å². The van der Waals surface area contributed by atoms with Crippen LogP contribution in [0.5, 0.6) is 11.5 Å². The molecule has 1 unspecified atom stereocenters. The molecule has 29 heavy (non-hydrogen) atoms. The number of ether oxygens (including phenoxy) is 2. The number of piperazine rings is 1. The Morgan fingerprint density at radius 1 is 1.10 bits per heavy atom. The lowest BCUT2D eigenvalue weighted by Gasteiger charge is -2.35. The number of methoxy groups -OCH3 is 2. The first kappa shape index (κ1) is 21.9. The maximum atomic E-state index is 13.0. The minimum absolute atomic E-state index is 0.00915. The molecule has 0 N–H and O–H groups in total. The van der Waals surface area contributed by atoms with Crippen molar-refractivity contribution in [1.29, 1.82) is 0 Å². The zero-order valence-corrected chi connectivity index (χ0v) is 18.3. The van der Waals surface area contributed by atoms with Gasteiger partial charge in [0.2, 0.25) is 15.9 Å². The summed E-state index contributed by atoms with van der Waals surface area (Å²) in [5.41, 5.74) is 0.998. The average molecular weight is 426 g/mol. The maximum absolute atomic E-state index is 13.0. The lowest BCUT2D eigenvalue weighted by Crippen LogP contribution is -2.51. The quantitative estimate of drug-likeness (QED) is 0.656. The predicted molar refractivity (Wildman–Crippen MR) is 111 cm³/mol. The van der Waals surface area contributed by atoms with E-state index >= 15 is 0 Å². The molecule has 1 aromatic carbocycles. The summed E-state index contributed by atoms with van der Waals surface area (Å²) >= 11 is 0. The van der Waals surface area contributed by atoms with Crippen LogP contribution in [0.2, 0.25) is 0 Å². The van der Waals surface area contributed by atoms with E-state index in [1.165, 1.54) is 4.31 Å². The number of sulfonamides is 1. The topological polar surface area (TPSA) is 79.4 Å². The van der Waals surface area contributed by atoms with Gasteiger partial charge in [-0.25, -0.2) is 8.42 Å². The summed E-state index contributed by atoms with van der Waals surface area (Å²) in [6.45, 7) is 4.74. The van der Waals surface area contributed by atoms with Crippen LogP contribution in [0, 0.1) is 0 Å². The van der Waals surface area contributed by atoms with Crippen molar-refractivity contribution in [3.63, 3.8) is 0 Å². The first-order valence-corrected chi connectivity index (χ1v) is 11.7. The Balaban J connectivity index is 1.64. The number of carbonyl (C=O) groups excluding carboxylic acids is 1. The van der Waals surface area contributed by atoms with E-state index in [1.54, 1.807) is 21.1 Å². The van der Waals surface area contributed by atoms with Crippen molar-refractivity contribution in [1.82, 2.24) is 14.1 Å². The normalized spacial score (nSPS) is 21.3. The second-order valence-corrected chi connectivity index (χ2v) is 9.69. The Bertz CT molecular complexity index is 821. The smallest absolute Gasteiger partial charge is 0.237 e. The third-order valence-electron chi connectivity index (χ3n) is 5.82. The molecule has 2 heterocycles. The molecule has 1 atom stereocenters. The van der Waals surface area contributed by atoms with Gasteiger partial charge in [-0.1, -0.05) is 0 Å². The lowest BCUT2D eigenvalue weighted by atomic mass is 10.0. The molecule has 162 valence electrons. The molecule has 2 fully saturated rings. The Labute approximate surface area is 173 Å². The minimum Gasteiger partial charge on any atom is -0.497 e. The molecule has 8 nitrogen and oxygen atoms in total. The minimum atomic E-state index is -3.16. The van der Waals surface area contributed by atoms with Gasteiger partial charge in [-0.2, -0.15) is 4.31 Å². The van der Waals surface area contributed by atoms with Crippen molar-refractivity contribution in [3.8, 4) is 11.5 Å². The summed E-state index contributed by atoms with van der Waals surface area (Å²) in [5.74, 6) is 1.65. The van der Waals surface area contributed by atoms with Crippen molar-refractivity contribution in [2.24, 2.45) is 0 Å². The van der Waals surface area contributed by atoms with E-state index in [9.17, 15) is 13.2 Å². The van der Waals surface area contributed by atoms with Crippen LogP contribution in [0.1, 0.15) is 31.4 Å². The highest BCUT2D eigenvalue weighted by Gasteiger charge is 2.33. The van der Waals surface area contributed by atoms with Crippen LogP contribution in [0.3, 0.4) is 0 Å². The first-order chi connectivity index (χ1) is 13.9. The van der Waals surface area contributed by atoms with Crippen LogP contribution in [0.15, 0.2) is 18.2 Å². The van der Waals surface area contributed by atoms with E-state index in [4.69, 9.17) is 9.47 Å². The molecule has 2 aliphatic rings. The van der Waals surface area contributed by atoms with Gasteiger partial charge in [-0.15, -0.1) is 0 Å². The number of benzene rings is 1. The molecule has 0 aromatic heterocycles. The molecule has 0 radical (unpaired) electrons. The summed E-state index contributed by atoms with van der Waals surface area (Å²) in [6, 6.07) is 5.71. The van der Waals surface area contributed by atoms with Gasteiger partial charge in [0, 0.05) is 44.4 Å². The van der Waals surface area contributed by atoms with Gasteiger partial charge < -0.3 is 14.4 Å². The van der Waals surface area contributed by atoms with E-state index < -0.39 is 10.0 Å². The maximum Gasteiger partial charge on any atom is 0.237 e. The third kappa shape index (κ3) is 4.84. The summed E-state index contributed by atoms with van der Waals surface area (Å²) in [4.78, 5) is 17.0. The predicted octanol–water partition coefficient (Wildman–Crippen LogP) is 1.33. The van der Waals surface area contributed by atoms with Crippen LogP contribution in [0.25, 0.3) is 0 Å². The van der Waals surface area contributed by atoms with Gasteiger partial charge >= 0.3 is 0 Å².